The molecule has 0 spiro atoms. The SMILES string of the molecule is NC(c1ccc(F)cc1)c1nc2c(C(F)(F)F)cc(C(F)(F)F)cc2[nH]1. The van der Waals surface area contributed by atoms with Gasteiger partial charge in [-0.25, -0.2) is 9.37 Å². The Labute approximate surface area is 141 Å². The lowest BCUT2D eigenvalue weighted by atomic mass is 10.1. The zero-order valence-electron chi connectivity index (χ0n) is 12.7. The van der Waals surface area contributed by atoms with Gasteiger partial charge in [0.05, 0.1) is 22.7 Å². The maximum Gasteiger partial charge on any atom is 0.418 e. The van der Waals surface area contributed by atoms with Crippen molar-refractivity contribution in [1.82, 2.24) is 9.97 Å². The average molecular weight is 377 g/mol. The minimum absolute atomic E-state index is 0.0103. The fourth-order valence-electron chi connectivity index (χ4n) is 2.49. The number of rotatable bonds is 2. The summed E-state index contributed by atoms with van der Waals surface area (Å²) in [6.07, 6.45) is -10.00. The first-order valence-corrected chi connectivity index (χ1v) is 7.16. The molecule has 0 fully saturated rings. The molecule has 0 radical (unpaired) electrons. The van der Waals surface area contributed by atoms with Gasteiger partial charge in [-0.05, 0) is 29.8 Å². The lowest BCUT2D eigenvalue weighted by molar-refractivity contribution is -0.142. The number of fused-ring (bicyclic) bond motifs is 1. The van der Waals surface area contributed by atoms with Crippen molar-refractivity contribution in [2.24, 2.45) is 5.73 Å². The Hall–Kier alpha value is -2.62. The molecule has 2 aromatic carbocycles. The first-order valence-electron chi connectivity index (χ1n) is 7.16. The Morgan fingerprint density at radius 1 is 0.923 bits per heavy atom. The molecule has 0 aliphatic heterocycles. The highest BCUT2D eigenvalue weighted by Gasteiger charge is 2.39. The molecule has 0 aliphatic rings. The summed E-state index contributed by atoms with van der Waals surface area (Å²) in [7, 11) is 0. The van der Waals surface area contributed by atoms with Crippen LogP contribution < -0.4 is 5.73 Å². The Bertz CT molecular complexity index is 939. The topological polar surface area (TPSA) is 54.7 Å². The molecule has 0 amide bonds. The molecule has 3 nitrogen and oxygen atoms in total. The number of hydrogen-bond donors (Lipinski definition) is 2. The van der Waals surface area contributed by atoms with Gasteiger partial charge in [-0.1, -0.05) is 12.1 Å². The molecule has 3 rings (SSSR count). The van der Waals surface area contributed by atoms with Gasteiger partial charge in [-0.2, -0.15) is 26.3 Å². The van der Waals surface area contributed by atoms with E-state index in [1.807, 2.05) is 0 Å². The van der Waals surface area contributed by atoms with Gasteiger partial charge in [0.25, 0.3) is 0 Å². The number of hydrogen-bond acceptors (Lipinski definition) is 2. The maximum atomic E-state index is 13.2. The van der Waals surface area contributed by atoms with Crippen molar-refractivity contribution in [2.45, 2.75) is 18.4 Å². The first-order chi connectivity index (χ1) is 12.0. The number of alkyl halides is 6. The highest BCUT2D eigenvalue weighted by molar-refractivity contribution is 5.81. The minimum Gasteiger partial charge on any atom is -0.340 e. The fourth-order valence-corrected chi connectivity index (χ4v) is 2.49. The molecule has 1 heterocycles. The van der Waals surface area contributed by atoms with Crippen LogP contribution in [0.5, 0.6) is 0 Å². The van der Waals surface area contributed by atoms with Crippen LogP contribution in [0.15, 0.2) is 36.4 Å². The number of imidazole rings is 1. The van der Waals surface area contributed by atoms with Gasteiger partial charge in [0.2, 0.25) is 0 Å². The van der Waals surface area contributed by atoms with Crippen molar-refractivity contribution >= 4 is 11.0 Å². The van der Waals surface area contributed by atoms with Crippen LogP contribution in [0.3, 0.4) is 0 Å². The summed E-state index contributed by atoms with van der Waals surface area (Å²) in [6, 6.07) is 4.28. The highest BCUT2D eigenvalue weighted by atomic mass is 19.4. The summed E-state index contributed by atoms with van der Waals surface area (Å²) < 4.78 is 91.1. The molecular weight excluding hydrogens is 367 g/mol. The minimum atomic E-state index is -5.04. The molecule has 1 unspecified atom stereocenters. The molecule has 3 N–H and O–H groups in total. The van der Waals surface area contributed by atoms with E-state index in [4.69, 9.17) is 5.73 Å². The van der Waals surface area contributed by atoms with Crippen LogP contribution in [0.1, 0.15) is 28.6 Å². The molecule has 0 aliphatic carbocycles. The van der Waals surface area contributed by atoms with Crippen LogP contribution in [0, 0.1) is 5.82 Å². The van der Waals surface area contributed by atoms with E-state index in [1.54, 1.807) is 0 Å². The number of nitrogens with two attached hydrogens (primary N) is 1. The standard InChI is InChI=1S/C16H10F7N3/c17-9-3-1-7(2-4-9)12(24)14-25-11-6-8(15(18,19)20)5-10(13(11)26-14)16(21,22)23/h1-6,12H,24H2,(H,25,26). The summed E-state index contributed by atoms with van der Waals surface area (Å²) in [5.41, 5.74) is 2.14. The maximum absolute atomic E-state index is 13.2. The second-order valence-corrected chi connectivity index (χ2v) is 5.57. The van der Waals surface area contributed by atoms with Crippen LogP contribution in [0.2, 0.25) is 0 Å². The van der Waals surface area contributed by atoms with Crippen molar-refractivity contribution in [1.29, 1.82) is 0 Å². The Balaban J connectivity index is 2.16. The second kappa shape index (κ2) is 5.97. The number of H-pyrrole nitrogens is 1. The molecule has 26 heavy (non-hydrogen) atoms. The molecule has 10 heteroatoms. The van der Waals surface area contributed by atoms with Crippen molar-refractivity contribution in [3.8, 4) is 0 Å². The van der Waals surface area contributed by atoms with E-state index >= 15 is 0 Å². The Morgan fingerprint density at radius 3 is 2.08 bits per heavy atom. The first kappa shape index (κ1) is 18.2. The van der Waals surface area contributed by atoms with Gasteiger partial charge < -0.3 is 10.7 Å². The second-order valence-electron chi connectivity index (χ2n) is 5.57. The van der Waals surface area contributed by atoms with Crippen LogP contribution in [-0.2, 0) is 12.4 Å². The zero-order valence-corrected chi connectivity index (χ0v) is 12.7. The number of aromatic nitrogens is 2. The molecule has 1 atom stereocenters. The number of nitrogens with zero attached hydrogens (tertiary/aromatic N) is 1. The predicted octanol–water partition coefficient (Wildman–Crippen LogP) is 4.79. The van der Waals surface area contributed by atoms with Crippen molar-refractivity contribution in [3.63, 3.8) is 0 Å². The van der Waals surface area contributed by atoms with E-state index in [9.17, 15) is 30.7 Å². The summed E-state index contributed by atoms with van der Waals surface area (Å²) in [5.74, 6) is -0.712. The van der Waals surface area contributed by atoms with Crippen LogP contribution >= 0.6 is 0 Å². The van der Waals surface area contributed by atoms with Gasteiger partial charge in [0.15, 0.2) is 0 Å². The number of benzene rings is 2. The molecule has 0 bridgehead atoms. The van der Waals surface area contributed by atoms with E-state index < -0.39 is 46.4 Å². The quantitative estimate of drug-likeness (QED) is 0.631. The van der Waals surface area contributed by atoms with E-state index in [1.165, 1.54) is 12.1 Å². The summed E-state index contributed by atoms with van der Waals surface area (Å²) in [4.78, 5) is 6.14. The smallest absolute Gasteiger partial charge is 0.340 e. The molecule has 0 saturated carbocycles. The van der Waals surface area contributed by atoms with E-state index in [0.717, 1.165) is 12.1 Å². The van der Waals surface area contributed by atoms with Gasteiger partial charge in [-0.3, -0.25) is 0 Å². The van der Waals surface area contributed by atoms with Crippen LogP contribution in [-0.4, -0.2) is 9.97 Å². The summed E-state index contributed by atoms with van der Waals surface area (Å²) in [5, 5.41) is 0. The van der Waals surface area contributed by atoms with E-state index in [2.05, 4.69) is 9.97 Å². The number of aromatic amines is 1. The third-order valence-electron chi connectivity index (χ3n) is 3.76. The van der Waals surface area contributed by atoms with Crippen molar-refractivity contribution in [2.75, 3.05) is 0 Å². The highest BCUT2D eigenvalue weighted by Crippen LogP contribution is 2.39. The fraction of sp³-hybridized carbons (Fsp3) is 0.188. The van der Waals surface area contributed by atoms with Crippen LogP contribution in [0.4, 0.5) is 30.7 Å². The normalized spacial score (nSPS) is 14.0. The third-order valence-corrected chi connectivity index (χ3v) is 3.76. The number of halogens is 7. The Morgan fingerprint density at radius 2 is 1.54 bits per heavy atom. The lowest BCUT2D eigenvalue weighted by Gasteiger charge is -2.11. The van der Waals surface area contributed by atoms with Gasteiger partial charge >= 0.3 is 12.4 Å². The molecular formula is C16H10F7N3. The van der Waals surface area contributed by atoms with E-state index in [0.29, 0.717) is 11.6 Å². The largest absolute Gasteiger partial charge is 0.418 e. The average Bonchev–Trinajstić information content (AvgIpc) is 2.96. The third kappa shape index (κ3) is 3.36. The molecule has 138 valence electrons. The zero-order chi connectivity index (χ0) is 19.3. The number of nitrogens with one attached hydrogen (secondary N) is 1. The molecule has 1 aromatic heterocycles. The predicted molar refractivity (Wildman–Crippen MR) is 78.5 cm³/mol. The molecule has 0 saturated heterocycles. The van der Waals surface area contributed by atoms with Gasteiger partial charge in [-0.15, -0.1) is 0 Å². The van der Waals surface area contributed by atoms with Crippen molar-refractivity contribution in [3.05, 3.63) is 64.7 Å². The summed E-state index contributed by atoms with van der Waals surface area (Å²) in [6.45, 7) is 0. The summed E-state index contributed by atoms with van der Waals surface area (Å²) >= 11 is 0. The van der Waals surface area contributed by atoms with Gasteiger partial charge in [0, 0.05) is 0 Å². The molecule has 3 aromatic rings. The van der Waals surface area contributed by atoms with Gasteiger partial charge in [0.1, 0.15) is 17.2 Å². The lowest BCUT2D eigenvalue weighted by Crippen LogP contribution is -2.13. The monoisotopic (exact) mass is 377 g/mol. The van der Waals surface area contributed by atoms with E-state index in [-0.39, 0.29) is 11.9 Å². The van der Waals surface area contributed by atoms with Crippen LogP contribution in [0.25, 0.3) is 11.0 Å². The van der Waals surface area contributed by atoms with Crippen molar-refractivity contribution < 1.29 is 30.7 Å². The Kier molecular flexibility index (Phi) is 4.18.